The molecule has 9 heavy (non-hydrogen) atoms. The molecule has 1 unspecified atom stereocenters. The molecule has 0 amide bonds. The van der Waals surface area contributed by atoms with E-state index in [0.29, 0.717) is 6.42 Å². The summed E-state index contributed by atoms with van der Waals surface area (Å²) in [6, 6.07) is 0. The van der Waals surface area contributed by atoms with E-state index >= 15 is 0 Å². The summed E-state index contributed by atoms with van der Waals surface area (Å²) in [6.45, 7) is 5.52. The van der Waals surface area contributed by atoms with Crippen LogP contribution in [0.2, 0.25) is 0 Å². The Kier molecular flexibility index (Phi) is 5.23. The molecule has 1 atom stereocenters. The van der Waals surface area contributed by atoms with Crippen molar-refractivity contribution in [3.8, 4) is 0 Å². The summed E-state index contributed by atoms with van der Waals surface area (Å²) in [6.07, 6.45) is 6.90. The van der Waals surface area contributed by atoms with Crippen LogP contribution in [0.4, 0.5) is 0 Å². The number of aliphatic hydroxyl groups excluding tert-OH is 1. The van der Waals surface area contributed by atoms with E-state index in [1.807, 2.05) is 12.2 Å². The summed E-state index contributed by atoms with van der Waals surface area (Å²) in [4.78, 5) is 0. The lowest BCUT2D eigenvalue weighted by Crippen LogP contribution is -1.97. The molecule has 0 spiro atoms. The molecule has 1 heteroatoms. The van der Waals surface area contributed by atoms with Gasteiger partial charge >= 0.3 is 0 Å². The second-order valence-corrected chi connectivity index (χ2v) is 1.92. The van der Waals surface area contributed by atoms with E-state index < -0.39 is 0 Å². The maximum atomic E-state index is 8.92. The second kappa shape index (κ2) is 5.57. The molecule has 0 bridgehead atoms. The summed E-state index contributed by atoms with van der Waals surface area (Å²) >= 11 is 0. The zero-order valence-corrected chi connectivity index (χ0v) is 5.88. The van der Waals surface area contributed by atoms with Gasteiger partial charge in [0.25, 0.3) is 0 Å². The van der Waals surface area contributed by atoms with Crippen molar-refractivity contribution in [2.24, 2.45) is 0 Å². The fraction of sp³-hybridized carbons (Fsp3) is 0.500. The number of aliphatic hydroxyl groups is 1. The van der Waals surface area contributed by atoms with Crippen LogP contribution >= 0.6 is 0 Å². The molecule has 52 valence electrons. The Hall–Kier alpha value is -0.560. The van der Waals surface area contributed by atoms with E-state index in [1.165, 1.54) is 0 Å². The number of allylic oxidation sites excluding steroid dienone is 1. The molecule has 0 aromatic rings. The first-order valence-corrected chi connectivity index (χ1v) is 3.26. The van der Waals surface area contributed by atoms with Crippen LogP contribution in [0.3, 0.4) is 0 Å². The lowest BCUT2D eigenvalue weighted by Gasteiger charge is -1.96. The van der Waals surface area contributed by atoms with E-state index in [2.05, 4.69) is 13.5 Å². The highest BCUT2D eigenvalue weighted by Crippen LogP contribution is 1.93. The first-order valence-electron chi connectivity index (χ1n) is 3.26. The van der Waals surface area contributed by atoms with Gasteiger partial charge in [0.15, 0.2) is 0 Å². The zero-order chi connectivity index (χ0) is 7.11. The van der Waals surface area contributed by atoms with Crippen LogP contribution in [0.25, 0.3) is 0 Å². The molecule has 0 radical (unpaired) electrons. The minimum Gasteiger partial charge on any atom is -0.389 e. The topological polar surface area (TPSA) is 20.2 Å². The third-order valence-corrected chi connectivity index (χ3v) is 1.05. The average Bonchev–Trinajstić information content (AvgIpc) is 1.89. The van der Waals surface area contributed by atoms with Gasteiger partial charge in [0.1, 0.15) is 0 Å². The van der Waals surface area contributed by atoms with Crippen LogP contribution in [-0.4, -0.2) is 11.2 Å². The van der Waals surface area contributed by atoms with Gasteiger partial charge in [0.2, 0.25) is 0 Å². The van der Waals surface area contributed by atoms with Crippen LogP contribution in [0.5, 0.6) is 0 Å². The Morgan fingerprint density at radius 1 is 1.56 bits per heavy atom. The summed E-state index contributed by atoms with van der Waals surface area (Å²) in [5.41, 5.74) is 0. The normalized spacial score (nSPS) is 14.0. The molecule has 0 fully saturated rings. The van der Waals surface area contributed by atoms with Crippen LogP contribution < -0.4 is 0 Å². The molecule has 0 aliphatic carbocycles. The van der Waals surface area contributed by atoms with Gasteiger partial charge in [-0.3, -0.25) is 0 Å². The number of hydrogen-bond donors (Lipinski definition) is 1. The van der Waals surface area contributed by atoms with Crippen molar-refractivity contribution >= 4 is 0 Å². The summed E-state index contributed by atoms with van der Waals surface area (Å²) < 4.78 is 0. The van der Waals surface area contributed by atoms with Gasteiger partial charge < -0.3 is 5.11 Å². The molecule has 1 nitrogen and oxygen atoms in total. The summed E-state index contributed by atoms with van der Waals surface area (Å²) in [5.74, 6) is 0. The van der Waals surface area contributed by atoms with Gasteiger partial charge in [-0.05, 0) is 12.8 Å². The van der Waals surface area contributed by atoms with E-state index in [0.717, 1.165) is 6.42 Å². The Morgan fingerprint density at radius 2 is 2.22 bits per heavy atom. The predicted molar refractivity (Wildman–Crippen MR) is 40.3 cm³/mol. The fourth-order valence-corrected chi connectivity index (χ4v) is 0.499. The van der Waals surface area contributed by atoms with E-state index in [1.54, 1.807) is 6.08 Å². The SMILES string of the molecule is C=CC(O)C/C=C\CC. The highest BCUT2D eigenvalue weighted by Gasteiger charge is 1.89. The Bertz CT molecular complexity index is 94.7. The van der Waals surface area contributed by atoms with Gasteiger partial charge in [-0.15, -0.1) is 6.58 Å². The van der Waals surface area contributed by atoms with Gasteiger partial charge in [-0.2, -0.15) is 0 Å². The highest BCUT2D eigenvalue weighted by molar-refractivity contribution is 4.89. The lowest BCUT2D eigenvalue weighted by atomic mass is 10.2. The van der Waals surface area contributed by atoms with Crippen molar-refractivity contribution in [2.45, 2.75) is 25.9 Å². The number of hydrogen-bond acceptors (Lipinski definition) is 1. The predicted octanol–water partition coefficient (Wildman–Crippen LogP) is 1.89. The molecular weight excluding hydrogens is 112 g/mol. The molecule has 0 rings (SSSR count). The first kappa shape index (κ1) is 8.44. The third-order valence-electron chi connectivity index (χ3n) is 1.05. The molecule has 0 aromatic carbocycles. The van der Waals surface area contributed by atoms with Crippen molar-refractivity contribution in [2.75, 3.05) is 0 Å². The summed E-state index contributed by atoms with van der Waals surface area (Å²) in [5, 5.41) is 8.92. The molecular formula is C8H14O. The summed E-state index contributed by atoms with van der Waals surface area (Å²) in [7, 11) is 0. The van der Waals surface area contributed by atoms with Crippen molar-refractivity contribution in [1.29, 1.82) is 0 Å². The third kappa shape index (κ3) is 5.31. The molecule has 0 aromatic heterocycles. The maximum Gasteiger partial charge on any atom is 0.0752 e. The quantitative estimate of drug-likeness (QED) is 0.570. The van der Waals surface area contributed by atoms with Crippen molar-refractivity contribution in [1.82, 2.24) is 0 Å². The maximum absolute atomic E-state index is 8.92. The van der Waals surface area contributed by atoms with E-state index in [4.69, 9.17) is 5.11 Å². The number of rotatable bonds is 4. The Labute approximate surface area is 56.7 Å². The van der Waals surface area contributed by atoms with Crippen LogP contribution in [-0.2, 0) is 0 Å². The van der Waals surface area contributed by atoms with Gasteiger partial charge in [0, 0.05) is 0 Å². The van der Waals surface area contributed by atoms with Gasteiger partial charge in [-0.25, -0.2) is 0 Å². The second-order valence-electron chi connectivity index (χ2n) is 1.92. The molecule has 0 aliphatic rings. The molecule has 0 heterocycles. The molecule has 0 aliphatic heterocycles. The lowest BCUT2D eigenvalue weighted by molar-refractivity contribution is 0.227. The standard InChI is InChI=1S/C8H14O/c1-3-5-6-7-8(9)4-2/h4-6,8-9H,2-3,7H2,1H3/b6-5-. The molecule has 0 saturated carbocycles. The monoisotopic (exact) mass is 126 g/mol. The Morgan fingerprint density at radius 3 is 2.67 bits per heavy atom. The fourth-order valence-electron chi connectivity index (χ4n) is 0.499. The largest absolute Gasteiger partial charge is 0.389 e. The van der Waals surface area contributed by atoms with Gasteiger partial charge in [0.05, 0.1) is 6.10 Å². The zero-order valence-electron chi connectivity index (χ0n) is 5.88. The first-order chi connectivity index (χ1) is 4.31. The highest BCUT2D eigenvalue weighted by atomic mass is 16.3. The minimum absolute atomic E-state index is 0.368. The average molecular weight is 126 g/mol. The van der Waals surface area contributed by atoms with Crippen LogP contribution in [0.15, 0.2) is 24.8 Å². The van der Waals surface area contributed by atoms with Crippen molar-refractivity contribution in [3.05, 3.63) is 24.8 Å². The van der Waals surface area contributed by atoms with Crippen LogP contribution in [0.1, 0.15) is 19.8 Å². The van der Waals surface area contributed by atoms with Crippen LogP contribution in [0, 0.1) is 0 Å². The molecule has 0 saturated heterocycles. The molecule has 1 N–H and O–H groups in total. The minimum atomic E-state index is -0.368. The van der Waals surface area contributed by atoms with Gasteiger partial charge in [-0.1, -0.05) is 25.2 Å². The Balaban J connectivity index is 3.25. The van der Waals surface area contributed by atoms with Crippen molar-refractivity contribution < 1.29 is 5.11 Å². The smallest absolute Gasteiger partial charge is 0.0752 e. The van der Waals surface area contributed by atoms with Crippen molar-refractivity contribution in [3.63, 3.8) is 0 Å². The van der Waals surface area contributed by atoms with E-state index in [-0.39, 0.29) is 6.10 Å². The van der Waals surface area contributed by atoms with E-state index in [9.17, 15) is 0 Å².